The van der Waals surface area contributed by atoms with Crippen molar-refractivity contribution >= 4 is 11.7 Å². The van der Waals surface area contributed by atoms with Crippen LogP contribution in [0, 0.1) is 13.8 Å². The molecule has 4 nitrogen and oxygen atoms in total. The number of carbonyl (C=O) groups excluding carboxylic acids is 1. The maximum Gasteiger partial charge on any atom is 0.229 e. The molecule has 1 amide bonds. The first-order valence-electron chi connectivity index (χ1n) is 9.14. The van der Waals surface area contributed by atoms with Crippen molar-refractivity contribution in [2.45, 2.75) is 39.5 Å². The summed E-state index contributed by atoms with van der Waals surface area (Å²) in [5.74, 6) is 0.837. The Labute approximate surface area is 153 Å². The molecular formula is C22H23N3O. The number of hydrogen-bond donors (Lipinski definition) is 1. The predicted molar refractivity (Wildman–Crippen MR) is 104 cm³/mol. The molecule has 1 aliphatic rings. The van der Waals surface area contributed by atoms with E-state index in [0.717, 1.165) is 47.6 Å². The zero-order valence-electron chi connectivity index (χ0n) is 15.2. The number of para-hydroxylation sites is 1. The van der Waals surface area contributed by atoms with Gasteiger partial charge < -0.3 is 5.32 Å². The maximum absolute atomic E-state index is 12.8. The van der Waals surface area contributed by atoms with Gasteiger partial charge in [-0.2, -0.15) is 5.10 Å². The molecular weight excluding hydrogens is 322 g/mol. The molecule has 0 fully saturated rings. The maximum atomic E-state index is 12.8. The number of amides is 1. The van der Waals surface area contributed by atoms with E-state index in [2.05, 4.69) is 30.4 Å². The fourth-order valence-corrected chi connectivity index (χ4v) is 3.62. The second kappa shape index (κ2) is 6.79. The van der Waals surface area contributed by atoms with Crippen molar-refractivity contribution in [3.63, 3.8) is 0 Å². The number of aromatic nitrogens is 2. The molecule has 1 heterocycles. The van der Waals surface area contributed by atoms with Crippen molar-refractivity contribution in [2.24, 2.45) is 0 Å². The molecule has 3 aromatic rings. The molecule has 26 heavy (non-hydrogen) atoms. The van der Waals surface area contributed by atoms with Crippen LogP contribution in [0.15, 0.2) is 48.5 Å². The van der Waals surface area contributed by atoms with Crippen LogP contribution in [0.2, 0.25) is 0 Å². The van der Waals surface area contributed by atoms with E-state index in [-0.39, 0.29) is 5.91 Å². The van der Waals surface area contributed by atoms with Gasteiger partial charge in [0.25, 0.3) is 0 Å². The van der Waals surface area contributed by atoms with Crippen molar-refractivity contribution in [2.75, 3.05) is 5.32 Å². The van der Waals surface area contributed by atoms with Crippen LogP contribution in [0.5, 0.6) is 0 Å². The Bertz CT molecular complexity index is 957. The Kier molecular flexibility index (Phi) is 4.33. The van der Waals surface area contributed by atoms with Crippen molar-refractivity contribution < 1.29 is 4.79 Å². The molecule has 4 heteroatoms. The van der Waals surface area contributed by atoms with Crippen LogP contribution in [0.3, 0.4) is 0 Å². The first kappa shape index (κ1) is 16.6. The number of hydrogen-bond acceptors (Lipinski definition) is 2. The third-order valence-electron chi connectivity index (χ3n) is 5.02. The Morgan fingerprint density at radius 3 is 2.73 bits per heavy atom. The lowest BCUT2D eigenvalue weighted by atomic mass is 10.0. The smallest absolute Gasteiger partial charge is 0.229 e. The first-order valence-corrected chi connectivity index (χ1v) is 9.14. The normalized spacial score (nSPS) is 12.8. The van der Waals surface area contributed by atoms with Gasteiger partial charge >= 0.3 is 0 Å². The van der Waals surface area contributed by atoms with Crippen LogP contribution < -0.4 is 5.32 Å². The summed E-state index contributed by atoms with van der Waals surface area (Å²) in [7, 11) is 0. The van der Waals surface area contributed by atoms with Crippen molar-refractivity contribution in [1.29, 1.82) is 0 Å². The van der Waals surface area contributed by atoms with Crippen molar-refractivity contribution in [3.05, 3.63) is 76.5 Å². The van der Waals surface area contributed by atoms with Crippen LogP contribution in [0.4, 0.5) is 5.82 Å². The number of fused-ring (bicyclic) bond motifs is 1. The lowest BCUT2D eigenvalue weighted by Crippen LogP contribution is -2.18. The van der Waals surface area contributed by atoms with Crippen LogP contribution in [0.25, 0.3) is 5.69 Å². The number of carbonyl (C=O) groups is 1. The van der Waals surface area contributed by atoms with Gasteiger partial charge in [0, 0.05) is 5.56 Å². The Balaban J connectivity index is 1.63. The highest BCUT2D eigenvalue weighted by atomic mass is 16.1. The standard InChI is InChI=1S/C22H23N3O/c1-15-11-12-16(2)17(13-15)14-21(26)23-22-19-9-6-10-20(19)24-25(22)18-7-4-3-5-8-18/h3-5,7-8,11-13H,6,9-10,14H2,1-2H3,(H,23,26). The first-order chi connectivity index (χ1) is 12.6. The van der Waals surface area contributed by atoms with Gasteiger partial charge in [-0.1, -0.05) is 42.0 Å². The number of anilines is 1. The van der Waals surface area contributed by atoms with Gasteiger partial charge in [0.1, 0.15) is 5.82 Å². The molecule has 132 valence electrons. The van der Waals surface area contributed by atoms with Gasteiger partial charge in [-0.15, -0.1) is 0 Å². The van der Waals surface area contributed by atoms with E-state index >= 15 is 0 Å². The second-order valence-electron chi connectivity index (χ2n) is 7.03. The highest BCUT2D eigenvalue weighted by Gasteiger charge is 2.24. The number of nitrogens with one attached hydrogen (secondary N) is 1. The SMILES string of the molecule is Cc1ccc(C)c(CC(=O)Nc2c3c(nn2-c2ccccc2)CCC3)c1. The third-order valence-corrected chi connectivity index (χ3v) is 5.02. The van der Waals surface area contributed by atoms with Crippen LogP contribution >= 0.6 is 0 Å². The molecule has 4 rings (SSSR count). The Morgan fingerprint density at radius 1 is 1.12 bits per heavy atom. The van der Waals surface area contributed by atoms with Gasteiger partial charge in [0.2, 0.25) is 5.91 Å². The quantitative estimate of drug-likeness (QED) is 0.772. The number of aryl methyl sites for hydroxylation is 3. The largest absolute Gasteiger partial charge is 0.310 e. The van der Waals surface area contributed by atoms with E-state index in [1.54, 1.807) is 0 Å². The van der Waals surface area contributed by atoms with Crippen molar-refractivity contribution in [1.82, 2.24) is 9.78 Å². The molecule has 0 saturated carbocycles. The summed E-state index contributed by atoms with van der Waals surface area (Å²) in [5, 5.41) is 7.90. The summed E-state index contributed by atoms with van der Waals surface area (Å²) >= 11 is 0. The van der Waals surface area contributed by atoms with E-state index in [1.165, 1.54) is 11.1 Å². The van der Waals surface area contributed by atoms with Gasteiger partial charge in [-0.3, -0.25) is 4.79 Å². The molecule has 1 aliphatic carbocycles. The topological polar surface area (TPSA) is 46.9 Å². The Morgan fingerprint density at radius 2 is 1.92 bits per heavy atom. The molecule has 0 spiro atoms. The Hall–Kier alpha value is -2.88. The summed E-state index contributed by atoms with van der Waals surface area (Å²) < 4.78 is 1.88. The average Bonchev–Trinajstić information content (AvgIpc) is 3.22. The van der Waals surface area contributed by atoms with Gasteiger partial charge in [-0.05, 0) is 56.4 Å². The van der Waals surface area contributed by atoms with Gasteiger partial charge in [0.15, 0.2) is 0 Å². The van der Waals surface area contributed by atoms with Gasteiger partial charge in [0.05, 0.1) is 17.8 Å². The highest BCUT2D eigenvalue weighted by Crippen LogP contribution is 2.31. The summed E-state index contributed by atoms with van der Waals surface area (Å²) in [5.41, 5.74) is 6.66. The fourth-order valence-electron chi connectivity index (χ4n) is 3.62. The zero-order valence-corrected chi connectivity index (χ0v) is 15.2. The van der Waals surface area contributed by atoms with E-state index in [4.69, 9.17) is 5.10 Å². The van der Waals surface area contributed by atoms with Gasteiger partial charge in [-0.25, -0.2) is 4.68 Å². The minimum absolute atomic E-state index is 0.00508. The van der Waals surface area contributed by atoms with Crippen LogP contribution in [0.1, 0.15) is 34.4 Å². The zero-order chi connectivity index (χ0) is 18.1. The summed E-state index contributed by atoms with van der Waals surface area (Å²) in [6.07, 6.45) is 3.44. The summed E-state index contributed by atoms with van der Waals surface area (Å²) in [6, 6.07) is 16.2. The molecule has 1 aromatic heterocycles. The highest BCUT2D eigenvalue weighted by molar-refractivity contribution is 5.93. The minimum atomic E-state index is 0.00508. The molecule has 0 saturated heterocycles. The van der Waals surface area contributed by atoms with Crippen LogP contribution in [-0.4, -0.2) is 15.7 Å². The molecule has 2 aromatic carbocycles. The number of benzene rings is 2. The predicted octanol–water partition coefficient (Wildman–Crippen LogP) is 4.16. The van der Waals surface area contributed by atoms with E-state index in [0.29, 0.717) is 6.42 Å². The molecule has 0 aliphatic heterocycles. The number of nitrogens with zero attached hydrogens (tertiary/aromatic N) is 2. The van der Waals surface area contributed by atoms with Crippen molar-refractivity contribution in [3.8, 4) is 5.69 Å². The molecule has 1 N–H and O–H groups in total. The summed E-state index contributed by atoms with van der Waals surface area (Å²) in [6.45, 7) is 4.10. The van der Waals surface area contributed by atoms with Crippen LogP contribution in [-0.2, 0) is 24.1 Å². The monoisotopic (exact) mass is 345 g/mol. The van der Waals surface area contributed by atoms with E-state index in [9.17, 15) is 4.79 Å². The second-order valence-corrected chi connectivity index (χ2v) is 7.03. The molecule has 0 bridgehead atoms. The molecule has 0 atom stereocenters. The lowest BCUT2D eigenvalue weighted by Gasteiger charge is -2.12. The summed E-state index contributed by atoms with van der Waals surface area (Å²) in [4.78, 5) is 12.8. The van der Waals surface area contributed by atoms with E-state index in [1.807, 2.05) is 41.9 Å². The minimum Gasteiger partial charge on any atom is -0.310 e. The number of rotatable bonds is 4. The molecule has 0 unspecified atom stereocenters. The van der Waals surface area contributed by atoms with E-state index < -0.39 is 0 Å². The average molecular weight is 345 g/mol. The fraction of sp³-hybridized carbons (Fsp3) is 0.273. The third kappa shape index (κ3) is 3.15. The lowest BCUT2D eigenvalue weighted by molar-refractivity contribution is -0.115. The molecule has 0 radical (unpaired) electrons.